The molecule has 3 N–H and O–H groups in total. The molecule has 0 bridgehead atoms. The average Bonchev–Trinajstić information content (AvgIpc) is 2.46. The Kier molecular flexibility index (Phi) is 5.09. The molecule has 20 heavy (non-hydrogen) atoms. The largest absolute Gasteiger partial charge is 0.489 e. The van der Waals surface area contributed by atoms with Gasteiger partial charge in [-0.25, -0.2) is 0 Å². The van der Waals surface area contributed by atoms with Crippen molar-refractivity contribution in [3.63, 3.8) is 0 Å². The number of rotatable bonds is 6. The number of aliphatic hydroxyl groups is 1. The van der Waals surface area contributed by atoms with Crippen molar-refractivity contribution in [3.8, 4) is 5.75 Å². The zero-order chi connectivity index (χ0) is 14.4. The lowest BCUT2D eigenvalue weighted by Gasteiger charge is -2.08. The van der Waals surface area contributed by atoms with Crippen molar-refractivity contribution in [1.82, 2.24) is 0 Å². The van der Waals surface area contributed by atoms with Crippen LogP contribution in [0, 0.1) is 0 Å². The highest BCUT2D eigenvalue weighted by atomic mass is 32.1. The molecule has 0 aliphatic carbocycles. The molecule has 0 heterocycles. The van der Waals surface area contributed by atoms with E-state index in [1.54, 1.807) is 0 Å². The summed E-state index contributed by atoms with van der Waals surface area (Å²) >= 11 is 4.87. The molecule has 2 rings (SSSR count). The zero-order valence-corrected chi connectivity index (χ0v) is 11.9. The van der Waals surface area contributed by atoms with Gasteiger partial charge >= 0.3 is 0 Å². The SMILES string of the molecule is NC(=S)Cc1ccc(OCc2ccc(CO)cc2)cc1. The molecule has 0 saturated heterocycles. The van der Waals surface area contributed by atoms with Gasteiger partial charge in [0.2, 0.25) is 0 Å². The Bertz CT molecular complexity index is 564. The highest BCUT2D eigenvalue weighted by Crippen LogP contribution is 2.15. The summed E-state index contributed by atoms with van der Waals surface area (Å²) in [4.78, 5) is 0.489. The van der Waals surface area contributed by atoms with Crippen LogP contribution in [0.25, 0.3) is 0 Å². The van der Waals surface area contributed by atoms with Gasteiger partial charge in [0.25, 0.3) is 0 Å². The van der Waals surface area contributed by atoms with Crippen molar-refractivity contribution in [3.05, 3.63) is 65.2 Å². The van der Waals surface area contributed by atoms with Crippen LogP contribution in [0.15, 0.2) is 48.5 Å². The van der Waals surface area contributed by atoms with Crippen LogP contribution in [-0.2, 0) is 19.6 Å². The van der Waals surface area contributed by atoms with Gasteiger partial charge < -0.3 is 15.6 Å². The lowest BCUT2D eigenvalue weighted by Crippen LogP contribution is -2.10. The molecule has 104 valence electrons. The number of nitrogens with two attached hydrogens (primary N) is 1. The van der Waals surface area contributed by atoms with Crippen LogP contribution in [0.1, 0.15) is 16.7 Å². The fourth-order valence-corrected chi connectivity index (χ4v) is 1.98. The van der Waals surface area contributed by atoms with Gasteiger partial charge in [-0.3, -0.25) is 0 Å². The molecule has 0 unspecified atom stereocenters. The van der Waals surface area contributed by atoms with E-state index in [9.17, 15) is 0 Å². The second-order valence-electron chi connectivity index (χ2n) is 4.55. The smallest absolute Gasteiger partial charge is 0.119 e. The first kappa shape index (κ1) is 14.5. The molecular weight excluding hydrogens is 270 g/mol. The van der Waals surface area contributed by atoms with Crippen molar-refractivity contribution in [2.45, 2.75) is 19.6 Å². The van der Waals surface area contributed by atoms with E-state index in [1.165, 1.54) is 0 Å². The summed E-state index contributed by atoms with van der Waals surface area (Å²) in [5.74, 6) is 0.808. The van der Waals surface area contributed by atoms with Gasteiger partial charge in [0.05, 0.1) is 11.6 Å². The van der Waals surface area contributed by atoms with Crippen LogP contribution in [0.5, 0.6) is 5.75 Å². The summed E-state index contributed by atoms with van der Waals surface area (Å²) in [6.07, 6.45) is 0.609. The van der Waals surface area contributed by atoms with E-state index in [4.69, 9.17) is 27.8 Å². The molecule has 0 saturated carbocycles. The van der Waals surface area contributed by atoms with E-state index in [-0.39, 0.29) is 6.61 Å². The van der Waals surface area contributed by atoms with Crippen molar-refractivity contribution in [1.29, 1.82) is 0 Å². The van der Waals surface area contributed by atoms with Gasteiger partial charge in [0.1, 0.15) is 12.4 Å². The first-order valence-corrected chi connectivity index (χ1v) is 6.77. The van der Waals surface area contributed by atoms with Gasteiger partial charge in [-0.15, -0.1) is 0 Å². The number of benzene rings is 2. The van der Waals surface area contributed by atoms with Crippen molar-refractivity contribution in [2.24, 2.45) is 5.73 Å². The molecular formula is C16H17NO2S. The fourth-order valence-electron chi connectivity index (χ4n) is 1.81. The summed E-state index contributed by atoms with van der Waals surface area (Å²) in [6, 6.07) is 15.4. The van der Waals surface area contributed by atoms with Crippen molar-refractivity contribution in [2.75, 3.05) is 0 Å². The third-order valence-electron chi connectivity index (χ3n) is 2.91. The van der Waals surface area contributed by atoms with E-state index >= 15 is 0 Å². The molecule has 2 aromatic carbocycles. The summed E-state index contributed by atoms with van der Waals surface area (Å²) in [5.41, 5.74) is 8.55. The van der Waals surface area contributed by atoms with Crippen molar-refractivity contribution >= 4 is 17.2 Å². The maximum atomic E-state index is 8.98. The van der Waals surface area contributed by atoms with Crippen LogP contribution in [0.2, 0.25) is 0 Å². The van der Waals surface area contributed by atoms with Crippen LogP contribution in [-0.4, -0.2) is 10.1 Å². The second-order valence-corrected chi connectivity index (χ2v) is 5.07. The Morgan fingerprint density at radius 3 is 2.05 bits per heavy atom. The Morgan fingerprint density at radius 2 is 1.50 bits per heavy atom. The van der Waals surface area contributed by atoms with E-state index in [2.05, 4.69) is 0 Å². The molecule has 0 fully saturated rings. The lowest BCUT2D eigenvalue weighted by atomic mass is 10.1. The number of aliphatic hydroxyl groups excluding tert-OH is 1. The first-order chi connectivity index (χ1) is 9.67. The third kappa shape index (κ3) is 4.33. The van der Waals surface area contributed by atoms with Crippen LogP contribution >= 0.6 is 12.2 Å². The maximum absolute atomic E-state index is 8.98. The molecule has 0 amide bonds. The van der Waals surface area contributed by atoms with E-state index in [0.717, 1.165) is 22.4 Å². The highest BCUT2D eigenvalue weighted by molar-refractivity contribution is 7.80. The predicted molar refractivity (Wildman–Crippen MR) is 83.6 cm³/mol. The third-order valence-corrected chi connectivity index (χ3v) is 3.06. The standard InChI is InChI=1S/C16H17NO2S/c17-16(20)9-12-5-7-15(8-6-12)19-11-14-3-1-13(10-18)2-4-14/h1-8,18H,9-11H2,(H2,17,20). The van der Waals surface area contributed by atoms with E-state index in [1.807, 2.05) is 48.5 Å². The summed E-state index contributed by atoms with van der Waals surface area (Å²) in [5, 5.41) is 8.98. The molecule has 0 aliphatic heterocycles. The normalized spacial score (nSPS) is 10.2. The topological polar surface area (TPSA) is 55.5 Å². The second kappa shape index (κ2) is 7.03. The Hall–Kier alpha value is -1.91. The monoisotopic (exact) mass is 287 g/mol. The highest BCUT2D eigenvalue weighted by Gasteiger charge is 1.99. The van der Waals surface area contributed by atoms with Crippen LogP contribution in [0.3, 0.4) is 0 Å². The molecule has 0 aliphatic rings. The van der Waals surface area contributed by atoms with E-state index < -0.39 is 0 Å². The molecule has 3 nitrogen and oxygen atoms in total. The van der Waals surface area contributed by atoms with Gasteiger partial charge in [0.15, 0.2) is 0 Å². The van der Waals surface area contributed by atoms with Crippen LogP contribution < -0.4 is 10.5 Å². The quantitative estimate of drug-likeness (QED) is 0.802. The minimum atomic E-state index is 0.0611. The van der Waals surface area contributed by atoms with Gasteiger partial charge in [-0.2, -0.15) is 0 Å². The Morgan fingerprint density at radius 1 is 0.950 bits per heavy atom. The minimum absolute atomic E-state index is 0.0611. The van der Waals surface area contributed by atoms with Crippen molar-refractivity contribution < 1.29 is 9.84 Å². The zero-order valence-electron chi connectivity index (χ0n) is 11.1. The summed E-state index contributed by atoms with van der Waals surface area (Å²) in [7, 11) is 0. The van der Waals surface area contributed by atoms with Gasteiger partial charge in [0, 0.05) is 6.42 Å². The summed E-state index contributed by atoms with van der Waals surface area (Å²) in [6.45, 7) is 0.561. The first-order valence-electron chi connectivity index (χ1n) is 6.36. The predicted octanol–water partition coefficient (Wildman–Crippen LogP) is 2.59. The molecule has 0 spiro atoms. The summed E-state index contributed by atoms with van der Waals surface area (Å²) < 4.78 is 5.70. The van der Waals surface area contributed by atoms with Gasteiger partial charge in [-0.05, 0) is 28.8 Å². The minimum Gasteiger partial charge on any atom is -0.489 e. The van der Waals surface area contributed by atoms with E-state index in [0.29, 0.717) is 18.0 Å². The Labute approximate surface area is 124 Å². The lowest BCUT2D eigenvalue weighted by molar-refractivity contribution is 0.281. The number of hydrogen-bond donors (Lipinski definition) is 2. The molecule has 0 radical (unpaired) electrons. The number of hydrogen-bond acceptors (Lipinski definition) is 3. The molecule has 2 aromatic rings. The maximum Gasteiger partial charge on any atom is 0.119 e. The van der Waals surface area contributed by atoms with Crippen LogP contribution in [0.4, 0.5) is 0 Å². The van der Waals surface area contributed by atoms with Gasteiger partial charge in [-0.1, -0.05) is 48.6 Å². The Balaban J connectivity index is 1.91. The number of ether oxygens (including phenoxy) is 1. The molecule has 0 aromatic heterocycles. The fraction of sp³-hybridized carbons (Fsp3) is 0.188. The number of thiocarbonyl (C=S) groups is 1. The molecule has 0 atom stereocenters. The average molecular weight is 287 g/mol. The molecule has 4 heteroatoms.